The van der Waals surface area contributed by atoms with E-state index in [0.717, 1.165) is 50.7 Å². The van der Waals surface area contributed by atoms with Gasteiger partial charge in [0.1, 0.15) is 0 Å². The van der Waals surface area contributed by atoms with E-state index in [-0.39, 0.29) is 16.8 Å². The van der Waals surface area contributed by atoms with E-state index in [2.05, 4.69) is 5.32 Å². The number of nitrogens with one attached hydrogen (secondary N) is 1. The summed E-state index contributed by atoms with van der Waals surface area (Å²) in [5, 5.41) is 2.78. The van der Waals surface area contributed by atoms with E-state index < -0.39 is 0 Å². The summed E-state index contributed by atoms with van der Waals surface area (Å²) in [6, 6.07) is 0. The van der Waals surface area contributed by atoms with Crippen molar-refractivity contribution < 1.29 is 14.3 Å². The Balaban J connectivity index is 3.16. The van der Waals surface area contributed by atoms with Gasteiger partial charge in [-0.2, -0.15) is 0 Å². The summed E-state index contributed by atoms with van der Waals surface area (Å²) >= 11 is 1.05. The zero-order chi connectivity index (χ0) is 12.9. The van der Waals surface area contributed by atoms with Crippen LogP contribution in [0.3, 0.4) is 0 Å². The van der Waals surface area contributed by atoms with E-state index in [1.807, 2.05) is 6.92 Å². The van der Waals surface area contributed by atoms with Crippen LogP contribution < -0.4 is 5.32 Å². The molecular formula is C12H23NO3S. The van der Waals surface area contributed by atoms with Gasteiger partial charge in [0, 0.05) is 26.7 Å². The molecule has 5 heteroatoms. The molecule has 0 aromatic heterocycles. The summed E-state index contributed by atoms with van der Waals surface area (Å²) in [6.45, 7) is 5.78. The van der Waals surface area contributed by atoms with Crippen LogP contribution in [0.5, 0.6) is 0 Å². The maximum absolute atomic E-state index is 11.2. The third kappa shape index (κ3) is 13.4. The molecule has 4 nitrogen and oxygen atoms in total. The molecule has 0 aromatic carbocycles. The van der Waals surface area contributed by atoms with Gasteiger partial charge in [0.2, 0.25) is 5.91 Å². The Morgan fingerprint density at radius 1 is 1.18 bits per heavy atom. The highest BCUT2D eigenvalue weighted by molar-refractivity contribution is 8.14. The Labute approximate surface area is 108 Å². The van der Waals surface area contributed by atoms with Crippen molar-refractivity contribution in [2.24, 2.45) is 0 Å². The monoisotopic (exact) mass is 261 g/mol. The van der Waals surface area contributed by atoms with Gasteiger partial charge in [0.15, 0.2) is 5.12 Å². The Hall–Kier alpha value is -0.550. The fourth-order valence-corrected chi connectivity index (χ4v) is 1.71. The number of carbonyl (C=O) groups is 2. The first-order valence-electron chi connectivity index (χ1n) is 6.14. The average molecular weight is 261 g/mol. The second kappa shape index (κ2) is 11.9. The van der Waals surface area contributed by atoms with Crippen LogP contribution >= 0.6 is 11.8 Å². The lowest BCUT2D eigenvalue weighted by molar-refractivity contribution is -0.118. The zero-order valence-electron chi connectivity index (χ0n) is 10.8. The number of rotatable bonds is 10. The van der Waals surface area contributed by atoms with Crippen molar-refractivity contribution in [1.82, 2.24) is 5.32 Å². The summed E-state index contributed by atoms with van der Waals surface area (Å²) in [7, 11) is 0. The molecule has 0 aliphatic carbocycles. The second-order valence-electron chi connectivity index (χ2n) is 3.74. The molecule has 0 spiro atoms. The highest BCUT2D eigenvalue weighted by Crippen LogP contribution is 2.01. The quantitative estimate of drug-likeness (QED) is 0.611. The SMILES string of the molecule is CCOCCCCCCNC(=O)CSC(C)=O. The lowest BCUT2D eigenvalue weighted by Gasteiger charge is -2.04. The number of amides is 1. The first-order valence-corrected chi connectivity index (χ1v) is 7.13. The molecule has 0 saturated carbocycles. The number of unbranched alkanes of at least 4 members (excludes halogenated alkanes) is 3. The molecule has 0 aromatic rings. The first kappa shape index (κ1) is 16.4. The van der Waals surface area contributed by atoms with Crippen molar-refractivity contribution in [3.63, 3.8) is 0 Å². The van der Waals surface area contributed by atoms with Crippen LogP contribution in [0, 0.1) is 0 Å². The maximum Gasteiger partial charge on any atom is 0.230 e. The minimum atomic E-state index is -0.0560. The van der Waals surface area contributed by atoms with Crippen LogP contribution in [0.25, 0.3) is 0 Å². The van der Waals surface area contributed by atoms with Crippen LogP contribution in [0.1, 0.15) is 39.5 Å². The zero-order valence-corrected chi connectivity index (χ0v) is 11.6. The van der Waals surface area contributed by atoms with Gasteiger partial charge in [-0.05, 0) is 19.8 Å². The van der Waals surface area contributed by atoms with Gasteiger partial charge in [-0.25, -0.2) is 0 Å². The highest BCUT2D eigenvalue weighted by Gasteiger charge is 2.02. The largest absolute Gasteiger partial charge is 0.382 e. The van der Waals surface area contributed by atoms with Gasteiger partial charge in [0.25, 0.3) is 0 Å². The average Bonchev–Trinajstić information content (AvgIpc) is 2.30. The van der Waals surface area contributed by atoms with E-state index in [1.165, 1.54) is 6.92 Å². The summed E-state index contributed by atoms with van der Waals surface area (Å²) < 4.78 is 5.23. The third-order valence-electron chi connectivity index (χ3n) is 2.15. The van der Waals surface area contributed by atoms with Gasteiger partial charge < -0.3 is 10.1 Å². The Morgan fingerprint density at radius 3 is 2.53 bits per heavy atom. The molecule has 0 bridgehead atoms. The van der Waals surface area contributed by atoms with E-state index in [9.17, 15) is 9.59 Å². The smallest absolute Gasteiger partial charge is 0.230 e. The van der Waals surface area contributed by atoms with Crippen molar-refractivity contribution >= 4 is 22.8 Å². The van der Waals surface area contributed by atoms with Crippen molar-refractivity contribution in [2.75, 3.05) is 25.5 Å². The molecule has 1 amide bonds. The summed E-state index contributed by atoms with van der Waals surface area (Å²) in [5.74, 6) is 0.180. The Morgan fingerprint density at radius 2 is 1.88 bits per heavy atom. The van der Waals surface area contributed by atoms with E-state index in [1.54, 1.807) is 0 Å². The van der Waals surface area contributed by atoms with E-state index in [0.29, 0.717) is 6.54 Å². The van der Waals surface area contributed by atoms with Crippen LogP contribution in [-0.2, 0) is 14.3 Å². The molecule has 0 rings (SSSR count). The van der Waals surface area contributed by atoms with Crippen molar-refractivity contribution in [2.45, 2.75) is 39.5 Å². The number of ether oxygens (including phenoxy) is 1. The summed E-state index contributed by atoms with van der Waals surface area (Å²) in [5.41, 5.74) is 0. The molecule has 17 heavy (non-hydrogen) atoms. The number of thioether (sulfide) groups is 1. The number of carbonyl (C=O) groups excluding carboxylic acids is 2. The van der Waals surface area contributed by atoms with Crippen LogP contribution in [0.15, 0.2) is 0 Å². The molecule has 0 fully saturated rings. The minimum Gasteiger partial charge on any atom is -0.382 e. The van der Waals surface area contributed by atoms with Gasteiger partial charge in [-0.3, -0.25) is 9.59 Å². The predicted octanol–water partition coefficient (Wildman–Crippen LogP) is 1.98. The maximum atomic E-state index is 11.2. The first-order chi connectivity index (χ1) is 8.16. The van der Waals surface area contributed by atoms with Crippen molar-refractivity contribution in [1.29, 1.82) is 0 Å². The molecule has 0 atom stereocenters. The van der Waals surface area contributed by atoms with Crippen molar-refractivity contribution in [3.8, 4) is 0 Å². The molecule has 0 aliphatic rings. The number of hydrogen-bond acceptors (Lipinski definition) is 4. The molecule has 0 unspecified atom stereocenters. The third-order valence-corrected chi connectivity index (χ3v) is 2.96. The molecule has 0 heterocycles. The van der Waals surface area contributed by atoms with Gasteiger partial charge >= 0.3 is 0 Å². The van der Waals surface area contributed by atoms with E-state index >= 15 is 0 Å². The Bertz CT molecular complexity index is 222. The van der Waals surface area contributed by atoms with Crippen LogP contribution in [0.2, 0.25) is 0 Å². The van der Waals surface area contributed by atoms with Crippen LogP contribution in [-0.4, -0.2) is 36.5 Å². The van der Waals surface area contributed by atoms with Crippen molar-refractivity contribution in [3.05, 3.63) is 0 Å². The van der Waals surface area contributed by atoms with Gasteiger partial charge in [0.05, 0.1) is 5.75 Å². The standard InChI is InChI=1S/C12H23NO3S/c1-3-16-9-7-5-4-6-8-13-12(15)10-17-11(2)14/h3-10H2,1-2H3,(H,13,15). The molecule has 0 radical (unpaired) electrons. The fraction of sp³-hybridized carbons (Fsp3) is 0.833. The minimum absolute atomic E-state index is 0.0175. The summed E-state index contributed by atoms with van der Waals surface area (Å²) in [6.07, 6.45) is 4.32. The highest BCUT2D eigenvalue weighted by atomic mass is 32.2. The molecular weight excluding hydrogens is 238 g/mol. The number of hydrogen-bond donors (Lipinski definition) is 1. The normalized spacial score (nSPS) is 10.2. The van der Waals surface area contributed by atoms with Gasteiger partial charge in [-0.1, -0.05) is 24.6 Å². The second-order valence-corrected chi connectivity index (χ2v) is 4.89. The van der Waals surface area contributed by atoms with Crippen LogP contribution in [0.4, 0.5) is 0 Å². The molecule has 0 saturated heterocycles. The Kier molecular flexibility index (Phi) is 11.5. The lowest BCUT2D eigenvalue weighted by atomic mass is 10.2. The molecule has 0 aliphatic heterocycles. The fourth-order valence-electron chi connectivity index (χ4n) is 1.27. The summed E-state index contributed by atoms with van der Waals surface area (Å²) in [4.78, 5) is 21.8. The lowest BCUT2D eigenvalue weighted by Crippen LogP contribution is -2.26. The predicted molar refractivity (Wildman–Crippen MR) is 71.1 cm³/mol. The van der Waals surface area contributed by atoms with Gasteiger partial charge in [-0.15, -0.1) is 0 Å². The topological polar surface area (TPSA) is 55.4 Å². The molecule has 100 valence electrons. The molecule has 1 N–H and O–H groups in total. The van der Waals surface area contributed by atoms with E-state index in [4.69, 9.17) is 4.74 Å².